The van der Waals surface area contributed by atoms with E-state index in [1.165, 1.54) is 16.0 Å². The van der Waals surface area contributed by atoms with Crippen LogP contribution in [-0.4, -0.2) is 22.8 Å². The van der Waals surface area contributed by atoms with E-state index in [0.717, 1.165) is 25.6 Å². The predicted molar refractivity (Wildman–Crippen MR) is 99.1 cm³/mol. The van der Waals surface area contributed by atoms with Gasteiger partial charge in [0.05, 0.1) is 13.1 Å². The number of benzene rings is 1. The van der Waals surface area contributed by atoms with Gasteiger partial charge in [0.15, 0.2) is 5.96 Å². The molecule has 6 heteroatoms. The molecule has 0 radical (unpaired) electrons. The fourth-order valence-electron chi connectivity index (χ4n) is 2.41. The van der Waals surface area contributed by atoms with Gasteiger partial charge in [0, 0.05) is 30.9 Å². The maximum atomic E-state index is 4.27. The van der Waals surface area contributed by atoms with Crippen molar-refractivity contribution in [1.29, 1.82) is 0 Å². The molecule has 2 heterocycles. The lowest BCUT2D eigenvalue weighted by Gasteiger charge is -2.12. The third-order valence-corrected chi connectivity index (χ3v) is 4.47. The van der Waals surface area contributed by atoms with Crippen LogP contribution in [0.5, 0.6) is 0 Å². The highest BCUT2D eigenvalue weighted by Crippen LogP contribution is 2.08. The first-order valence-corrected chi connectivity index (χ1v) is 8.73. The number of guanidine groups is 1. The van der Waals surface area contributed by atoms with Crippen LogP contribution >= 0.6 is 11.3 Å². The Labute approximate surface area is 146 Å². The Morgan fingerprint density at radius 3 is 2.75 bits per heavy atom. The third kappa shape index (κ3) is 4.70. The van der Waals surface area contributed by atoms with E-state index in [1.807, 2.05) is 16.9 Å². The lowest BCUT2D eigenvalue weighted by molar-refractivity contribution is 0.685. The summed E-state index contributed by atoms with van der Waals surface area (Å²) in [5, 5.41) is 13.0. The highest BCUT2D eigenvalue weighted by molar-refractivity contribution is 7.09. The van der Waals surface area contributed by atoms with Gasteiger partial charge in [0.25, 0.3) is 0 Å². The summed E-state index contributed by atoms with van der Waals surface area (Å²) in [6.45, 7) is 2.31. The molecule has 1 aromatic carbocycles. The first kappa shape index (κ1) is 16.3. The average Bonchev–Trinajstić information content (AvgIpc) is 3.29. The molecule has 0 aliphatic heterocycles. The fraction of sp³-hybridized carbons (Fsp3) is 0.222. The van der Waals surface area contributed by atoms with Crippen LogP contribution in [0.2, 0.25) is 0 Å². The van der Waals surface area contributed by atoms with Crippen LogP contribution in [0.4, 0.5) is 0 Å². The van der Waals surface area contributed by atoms with Crippen molar-refractivity contribution in [3.8, 4) is 0 Å². The van der Waals surface area contributed by atoms with E-state index >= 15 is 0 Å². The summed E-state index contributed by atoms with van der Waals surface area (Å²) >= 11 is 1.74. The summed E-state index contributed by atoms with van der Waals surface area (Å²) in [4.78, 5) is 5.56. The lowest BCUT2D eigenvalue weighted by Crippen LogP contribution is -2.36. The van der Waals surface area contributed by atoms with Gasteiger partial charge < -0.3 is 10.6 Å². The molecule has 2 N–H and O–H groups in total. The molecule has 0 amide bonds. The van der Waals surface area contributed by atoms with Gasteiger partial charge in [-0.15, -0.1) is 11.3 Å². The van der Waals surface area contributed by atoms with Crippen LogP contribution in [0.3, 0.4) is 0 Å². The minimum absolute atomic E-state index is 0.733. The van der Waals surface area contributed by atoms with Crippen LogP contribution < -0.4 is 10.6 Å². The van der Waals surface area contributed by atoms with Crippen LogP contribution in [0.25, 0.3) is 0 Å². The molecule has 0 bridgehead atoms. The van der Waals surface area contributed by atoms with Gasteiger partial charge in [-0.3, -0.25) is 9.67 Å². The van der Waals surface area contributed by atoms with Gasteiger partial charge in [-0.2, -0.15) is 5.10 Å². The molecule has 0 saturated carbocycles. The van der Waals surface area contributed by atoms with E-state index in [0.29, 0.717) is 0 Å². The van der Waals surface area contributed by atoms with Crippen molar-refractivity contribution in [3.05, 3.63) is 76.2 Å². The Morgan fingerprint density at radius 1 is 1.12 bits per heavy atom. The molecule has 0 saturated heterocycles. The Balaban J connectivity index is 1.53. The smallest absolute Gasteiger partial charge is 0.191 e. The summed E-state index contributed by atoms with van der Waals surface area (Å²) in [6.07, 6.45) is 3.77. The molecule has 0 spiro atoms. The van der Waals surface area contributed by atoms with Gasteiger partial charge >= 0.3 is 0 Å². The maximum Gasteiger partial charge on any atom is 0.191 e. The summed E-state index contributed by atoms with van der Waals surface area (Å²) in [6, 6.07) is 14.6. The number of nitrogens with one attached hydrogen (secondary N) is 2. The molecule has 3 rings (SSSR count). The second-order valence-corrected chi connectivity index (χ2v) is 6.41. The predicted octanol–water partition coefficient (Wildman–Crippen LogP) is 2.86. The molecule has 5 nitrogen and oxygen atoms in total. The highest BCUT2D eigenvalue weighted by Gasteiger charge is 2.01. The third-order valence-electron chi connectivity index (χ3n) is 3.59. The average molecular weight is 339 g/mol. The topological polar surface area (TPSA) is 54.2 Å². The number of aromatic nitrogens is 2. The number of rotatable bonds is 6. The molecular weight excluding hydrogens is 318 g/mol. The normalized spacial score (nSPS) is 11.5. The molecule has 0 aliphatic carbocycles. The molecule has 24 heavy (non-hydrogen) atoms. The minimum Gasteiger partial charge on any atom is -0.352 e. The number of nitrogens with zero attached hydrogens (tertiary/aromatic N) is 3. The molecule has 2 aromatic heterocycles. The lowest BCUT2D eigenvalue weighted by atomic mass is 10.1. The number of hydrogen-bond donors (Lipinski definition) is 2. The van der Waals surface area contributed by atoms with Crippen LogP contribution in [0.1, 0.15) is 16.0 Å². The van der Waals surface area contributed by atoms with Crippen molar-refractivity contribution in [2.45, 2.75) is 19.6 Å². The van der Waals surface area contributed by atoms with Crippen molar-refractivity contribution in [1.82, 2.24) is 20.4 Å². The summed E-state index contributed by atoms with van der Waals surface area (Å²) in [5.41, 5.74) is 2.46. The van der Waals surface area contributed by atoms with Crippen LogP contribution in [0.15, 0.2) is 65.2 Å². The maximum absolute atomic E-state index is 4.27. The Bertz CT molecular complexity index is 763. The zero-order chi connectivity index (χ0) is 16.6. The highest BCUT2D eigenvalue weighted by atomic mass is 32.1. The monoisotopic (exact) mass is 339 g/mol. The van der Waals surface area contributed by atoms with Gasteiger partial charge in [-0.25, -0.2) is 0 Å². The number of thiophene rings is 1. The van der Waals surface area contributed by atoms with E-state index in [9.17, 15) is 0 Å². The Hall–Kier alpha value is -2.60. The molecule has 3 aromatic rings. The van der Waals surface area contributed by atoms with E-state index < -0.39 is 0 Å². The van der Waals surface area contributed by atoms with Gasteiger partial charge in [-0.05, 0) is 28.6 Å². The largest absolute Gasteiger partial charge is 0.352 e. The number of aliphatic imine (C=N–C) groups is 1. The van der Waals surface area contributed by atoms with E-state index in [-0.39, 0.29) is 0 Å². The van der Waals surface area contributed by atoms with E-state index in [1.54, 1.807) is 24.6 Å². The summed E-state index contributed by atoms with van der Waals surface area (Å²) in [7, 11) is 1.79. The standard InChI is InChI=1S/C18H21N5S/c1-19-18(21-13-17-7-3-10-24-17)20-12-15-5-2-6-16(11-15)14-23-9-4-8-22-23/h2-11H,12-14H2,1H3,(H2,19,20,21). The molecule has 0 fully saturated rings. The SMILES string of the molecule is CN=C(NCc1cccc(Cn2cccn2)c1)NCc1cccs1. The second-order valence-electron chi connectivity index (χ2n) is 5.38. The van der Waals surface area contributed by atoms with Crippen molar-refractivity contribution in [2.24, 2.45) is 4.99 Å². The van der Waals surface area contributed by atoms with Crippen molar-refractivity contribution < 1.29 is 0 Å². The van der Waals surface area contributed by atoms with Crippen molar-refractivity contribution in [3.63, 3.8) is 0 Å². The fourth-order valence-corrected chi connectivity index (χ4v) is 3.05. The van der Waals surface area contributed by atoms with Crippen LogP contribution in [0, 0.1) is 0 Å². The van der Waals surface area contributed by atoms with E-state index in [2.05, 4.69) is 62.5 Å². The summed E-state index contributed by atoms with van der Waals surface area (Å²) < 4.78 is 1.92. The molecule has 124 valence electrons. The first-order valence-electron chi connectivity index (χ1n) is 7.85. The first-order chi connectivity index (χ1) is 11.8. The minimum atomic E-state index is 0.733. The molecule has 0 aliphatic rings. The van der Waals surface area contributed by atoms with Crippen LogP contribution in [-0.2, 0) is 19.6 Å². The molecular formula is C18H21N5S. The van der Waals surface area contributed by atoms with Gasteiger partial charge in [-0.1, -0.05) is 30.3 Å². The summed E-state index contributed by atoms with van der Waals surface area (Å²) in [5.74, 6) is 0.806. The quantitative estimate of drug-likeness (QED) is 0.536. The van der Waals surface area contributed by atoms with Gasteiger partial charge in [0.2, 0.25) is 0 Å². The molecule has 0 atom stereocenters. The number of hydrogen-bond acceptors (Lipinski definition) is 3. The zero-order valence-corrected chi connectivity index (χ0v) is 14.5. The van der Waals surface area contributed by atoms with Crippen molar-refractivity contribution >= 4 is 17.3 Å². The Morgan fingerprint density at radius 2 is 2.00 bits per heavy atom. The molecule has 0 unspecified atom stereocenters. The second kappa shape index (κ2) is 8.31. The van der Waals surface area contributed by atoms with Gasteiger partial charge in [0.1, 0.15) is 0 Å². The Kier molecular flexibility index (Phi) is 5.63. The zero-order valence-electron chi connectivity index (χ0n) is 13.6. The van der Waals surface area contributed by atoms with E-state index in [4.69, 9.17) is 0 Å². The van der Waals surface area contributed by atoms with Crippen molar-refractivity contribution in [2.75, 3.05) is 7.05 Å².